The maximum atomic E-state index is 15.2. The summed E-state index contributed by atoms with van der Waals surface area (Å²) < 4.78 is 27.8. The van der Waals surface area contributed by atoms with Crippen LogP contribution in [-0.2, 0) is 13.9 Å². The number of allylic oxidation sites excluding steroid dienone is 1. The molecule has 160 valence electrons. The second-order valence-electron chi connectivity index (χ2n) is 8.95. The molecule has 1 aromatic heterocycles. The van der Waals surface area contributed by atoms with Crippen molar-refractivity contribution in [2.75, 3.05) is 0 Å². The Morgan fingerprint density at radius 1 is 0.903 bits per heavy atom. The van der Waals surface area contributed by atoms with Crippen molar-refractivity contribution in [2.24, 2.45) is 0 Å². The van der Waals surface area contributed by atoms with E-state index >= 15 is 4.57 Å². The predicted molar refractivity (Wildman–Crippen MR) is 132 cm³/mol. The molecule has 3 aromatic rings. The number of rotatable bonds is 6. The van der Waals surface area contributed by atoms with Crippen LogP contribution in [0.2, 0.25) is 0 Å². The Labute approximate surface area is 189 Å². The Morgan fingerprint density at radius 2 is 1.39 bits per heavy atom. The Kier molecular flexibility index (Phi) is 5.91. The maximum Gasteiger partial charge on any atom is 0.491 e. The van der Waals surface area contributed by atoms with Crippen LogP contribution in [0.1, 0.15) is 38.9 Å². The van der Waals surface area contributed by atoms with Gasteiger partial charge in [0.25, 0.3) is 0 Å². The van der Waals surface area contributed by atoms with Gasteiger partial charge in [0.05, 0.1) is 16.9 Å². The van der Waals surface area contributed by atoms with E-state index in [0.717, 1.165) is 16.2 Å². The summed E-state index contributed by atoms with van der Waals surface area (Å²) >= 11 is 1.59. The summed E-state index contributed by atoms with van der Waals surface area (Å²) in [5, 5.41) is 5.67. The molecule has 1 aliphatic rings. The van der Waals surface area contributed by atoms with Crippen molar-refractivity contribution in [3.05, 3.63) is 95.1 Å². The van der Waals surface area contributed by atoms with Gasteiger partial charge in [0.1, 0.15) is 0 Å². The van der Waals surface area contributed by atoms with Gasteiger partial charge < -0.3 is 13.9 Å². The first-order chi connectivity index (χ1) is 14.7. The van der Waals surface area contributed by atoms with Gasteiger partial charge in [-0.25, -0.2) is 0 Å². The van der Waals surface area contributed by atoms with Crippen molar-refractivity contribution >= 4 is 36.2 Å². The molecule has 1 fully saturated rings. The molecule has 0 saturated carbocycles. The third kappa shape index (κ3) is 3.89. The average Bonchev–Trinajstić information content (AvgIpc) is 3.35. The molecule has 1 unspecified atom stereocenters. The summed E-state index contributed by atoms with van der Waals surface area (Å²) in [5.41, 5.74) is 0.208. The van der Waals surface area contributed by atoms with Crippen LogP contribution < -0.4 is 10.6 Å². The molecule has 1 atom stereocenters. The second kappa shape index (κ2) is 8.22. The van der Waals surface area contributed by atoms with Crippen LogP contribution in [-0.4, -0.2) is 18.3 Å². The van der Waals surface area contributed by atoms with Crippen LogP contribution in [0.5, 0.6) is 0 Å². The molecule has 2 heterocycles. The van der Waals surface area contributed by atoms with Gasteiger partial charge in [-0.1, -0.05) is 60.7 Å². The molecule has 31 heavy (non-hydrogen) atoms. The van der Waals surface area contributed by atoms with Crippen LogP contribution in [0.15, 0.2) is 89.5 Å². The van der Waals surface area contributed by atoms with Crippen LogP contribution in [0.4, 0.5) is 0 Å². The molecular weight excluding hydrogens is 422 g/mol. The molecular formula is C25H28BO3PS. The third-order valence-electron chi connectivity index (χ3n) is 6.41. The molecule has 1 saturated heterocycles. The van der Waals surface area contributed by atoms with Gasteiger partial charge in [-0.3, -0.25) is 0 Å². The minimum atomic E-state index is -3.17. The fraction of sp³-hybridized carbons (Fsp3) is 0.280. The fourth-order valence-electron chi connectivity index (χ4n) is 3.96. The number of hydrogen-bond acceptors (Lipinski definition) is 4. The Balaban J connectivity index is 1.89. The van der Waals surface area contributed by atoms with Gasteiger partial charge in [-0.2, -0.15) is 11.3 Å². The lowest BCUT2D eigenvalue weighted by molar-refractivity contribution is 0.00578. The van der Waals surface area contributed by atoms with Crippen LogP contribution in [0.25, 0.3) is 0 Å². The lowest BCUT2D eigenvalue weighted by Crippen LogP contribution is -2.41. The fourth-order valence-corrected chi connectivity index (χ4v) is 8.04. The first kappa shape index (κ1) is 22.3. The van der Waals surface area contributed by atoms with Crippen molar-refractivity contribution in [3.63, 3.8) is 0 Å². The van der Waals surface area contributed by atoms with Gasteiger partial charge >= 0.3 is 7.12 Å². The van der Waals surface area contributed by atoms with Crippen molar-refractivity contribution in [1.29, 1.82) is 0 Å². The first-order valence-corrected chi connectivity index (χ1v) is 13.2. The highest BCUT2D eigenvalue weighted by Crippen LogP contribution is 2.61. The number of hydrogen-bond donors (Lipinski definition) is 0. The third-order valence-corrected chi connectivity index (χ3v) is 10.6. The molecule has 0 amide bonds. The van der Waals surface area contributed by atoms with E-state index in [0.29, 0.717) is 5.47 Å². The molecule has 1 aliphatic heterocycles. The second-order valence-corrected chi connectivity index (χ2v) is 12.6. The zero-order valence-corrected chi connectivity index (χ0v) is 20.2. The highest BCUT2D eigenvalue weighted by molar-refractivity contribution is 7.79. The van der Waals surface area contributed by atoms with Crippen molar-refractivity contribution in [3.8, 4) is 0 Å². The van der Waals surface area contributed by atoms with E-state index in [2.05, 4.69) is 12.0 Å². The van der Waals surface area contributed by atoms with Gasteiger partial charge in [0, 0.05) is 10.6 Å². The summed E-state index contributed by atoms with van der Waals surface area (Å²) in [6.07, 6.45) is 0. The Bertz CT molecular complexity index is 1030. The quantitative estimate of drug-likeness (QED) is 0.342. The molecule has 0 aliphatic carbocycles. The monoisotopic (exact) mass is 450 g/mol. The van der Waals surface area contributed by atoms with E-state index in [4.69, 9.17) is 9.31 Å². The minimum Gasteiger partial charge on any atom is -0.400 e. The molecule has 0 bridgehead atoms. The van der Waals surface area contributed by atoms with E-state index in [1.54, 1.807) is 11.3 Å². The zero-order chi connectivity index (χ0) is 22.3. The largest absolute Gasteiger partial charge is 0.491 e. The molecule has 0 spiro atoms. The van der Waals surface area contributed by atoms with E-state index in [-0.39, 0.29) is 0 Å². The number of benzene rings is 2. The van der Waals surface area contributed by atoms with Gasteiger partial charge in [0.15, 0.2) is 7.14 Å². The van der Waals surface area contributed by atoms with Crippen molar-refractivity contribution in [1.82, 2.24) is 0 Å². The standard InChI is InChI=1S/C25H28BO3PS/c1-19(26-28-24(2,3)25(4,5)29-26)23(20-16-17-31-18-20)30(27,21-12-8-6-9-13-21)22-14-10-7-11-15-22/h6-18,23H,1H2,2-5H3. The van der Waals surface area contributed by atoms with Crippen molar-refractivity contribution in [2.45, 2.75) is 44.6 Å². The average molecular weight is 450 g/mol. The van der Waals surface area contributed by atoms with Gasteiger partial charge in [-0.05, 0) is 55.6 Å². The highest BCUT2D eigenvalue weighted by Gasteiger charge is 2.55. The summed E-state index contributed by atoms with van der Waals surface area (Å²) in [4.78, 5) is 0. The van der Waals surface area contributed by atoms with E-state index < -0.39 is 31.1 Å². The predicted octanol–water partition coefficient (Wildman–Crippen LogP) is 5.99. The summed E-state index contributed by atoms with van der Waals surface area (Å²) in [7, 11) is -3.81. The Morgan fingerprint density at radius 3 is 1.81 bits per heavy atom. The lowest BCUT2D eigenvalue weighted by atomic mass is 9.76. The molecule has 3 nitrogen and oxygen atoms in total. The van der Waals surface area contributed by atoms with Crippen molar-refractivity contribution < 1.29 is 13.9 Å². The van der Waals surface area contributed by atoms with Crippen LogP contribution in [0.3, 0.4) is 0 Å². The zero-order valence-electron chi connectivity index (χ0n) is 18.4. The minimum absolute atomic E-state index is 0.460. The van der Waals surface area contributed by atoms with Crippen LogP contribution >= 0.6 is 18.5 Å². The summed E-state index contributed by atoms with van der Waals surface area (Å²) in [5.74, 6) is 0. The van der Waals surface area contributed by atoms with E-state index in [1.807, 2.05) is 99.8 Å². The topological polar surface area (TPSA) is 35.5 Å². The molecule has 4 rings (SSSR count). The highest BCUT2D eigenvalue weighted by atomic mass is 32.1. The smallest absolute Gasteiger partial charge is 0.400 e. The molecule has 0 N–H and O–H groups in total. The van der Waals surface area contributed by atoms with E-state index in [9.17, 15) is 0 Å². The molecule has 0 radical (unpaired) electrons. The number of thiophene rings is 1. The van der Waals surface area contributed by atoms with Gasteiger partial charge in [0.2, 0.25) is 0 Å². The molecule has 2 aromatic carbocycles. The maximum absolute atomic E-state index is 15.2. The summed E-state index contributed by atoms with van der Waals surface area (Å²) in [6.45, 7) is 12.5. The molecule has 6 heteroatoms. The SMILES string of the molecule is C=C(B1OC(C)(C)C(C)(C)O1)C(c1ccsc1)P(=O)(c1ccccc1)c1ccccc1. The normalized spacial score (nSPS) is 18.6. The Hall–Kier alpha value is -1.91. The van der Waals surface area contributed by atoms with Crippen LogP contribution in [0, 0.1) is 0 Å². The summed E-state index contributed by atoms with van der Waals surface area (Å²) in [6, 6.07) is 21.5. The van der Waals surface area contributed by atoms with Gasteiger partial charge in [-0.15, -0.1) is 6.58 Å². The first-order valence-electron chi connectivity index (χ1n) is 10.4. The van der Waals surface area contributed by atoms with E-state index in [1.165, 1.54) is 0 Å². The lowest BCUT2D eigenvalue weighted by Gasteiger charge is -2.32.